The van der Waals surface area contributed by atoms with Crippen LogP contribution in [0.2, 0.25) is 5.02 Å². The molecule has 19 heavy (non-hydrogen) atoms. The fraction of sp³-hybridized carbons (Fsp3) is 0.250. The Labute approximate surface area is 117 Å². The minimum Gasteiger partial charge on any atom is -0.396 e. The Morgan fingerprint density at radius 2 is 1.84 bits per heavy atom. The lowest BCUT2D eigenvalue weighted by molar-refractivity contribution is 0.264. The molecule has 2 rings (SSSR count). The van der Waals surface area contributed by atoms with Crippen molar-refractivity contribution in [3.8, 4) is 0 Å². The Morgan fingerprint density at radius 1 is 1.16 bits per heavy atom. The maximum atomic E-state index is 13.4. The van der Waals surface area contributed by atoms with Gasteiger partial charge in [0.25, 0.3) is 0 Å². The highest BCUT2D eigenvalue weighted by Gasteiger charge is 2.12. The summed E-state index contributed by atoms with van der Waals surface area (Å²) in [5.74, 6) is -0.444. The van der Waals surface area contributed by atoms with Crippen molar-refractivity contribution >= 4 is 11.6 Å². The standard InChI is InChI=1S/C16H16ClFO/c1-11-2-5-13(6-3-11)14(10-19)8-12-4-7-15(17)16(18)9-12/h2-7,9,14,19H,8,10H2,1H3. The van der Waals surface area contributed by atoms with Crippen LogP contribution in [0.5, 0.6) is 0 Å². The molecule has 0 aliphatic heterocycles. The third-order valence-corrected chi connectivity index (χ3v) is 3.54. The maximum absolute atomic E-state index is 13.4. The van der Waals surface area contributed by atoms with Gasteiger partial charge in [-0.2, -0.15) is 0 Å². The summed E-state index contributed by atoms with van der Waals surface area (Å²) in [6, 6.07) is 12.8. The van der Waals surface area contributed by atoms with Crippen molar-refractivity contribution < 1.29 is 9.50 Å². The molecule has 0 aliphatic carbocycles. The van der Waals surface area contributed by atoms with Crippen LogP contribution in [0.25, 0.3) is 0 Å². The van der Waals surface area contributed by atoms with Gasteiger partial charge in [0.05, 0.1) is 11.6 Å². The van der Waals surface area contributed by atoms with Gasteiger partial charge in [-0.15, -0.1) is 0 Å². The van der Waals surface area contributed by atoms with Gasteiger partial charge in [-0.3, -0.25) is 0 Å². The molecule has 0 bridgehead atoms. The summed E-state index contributed by atoms with van der Waals surface area (Å²) in [4.78, 5) is 0. The summed E-state index contributed by atoms with van der Waals surface area (Å²) in [5, 5.41) is 9.64. The van der Waals surface area contributed by atoms with E-state index in [1.54, 1.807) is 12.1 Å². The molecule has 1 unspecified atom stereocenters. The molecule has 0 saturated heterocycles. The van der Waals surface area contributed by atoms with E-state index in [-0.39, 0.29) is 17.5 Å². The fourth-order valence-electron chi connectivity index (χ4n) is 2.08. The Balaban J connectivity index is 2.18. The largest absolute Gasteiger partial charge is 0.396 e. The van der Waals surface area contributed by atoms with Crippen molar-refractivity contribution in [2.24, 2.45) is 0 Å². The second kappa shape index (κ2) is 6.18. The van der Waals surface area contributed by atoms with Crippen molar-refractivity contribution in [3.05, 3.63) is 70.0 Å². The molecule has 0 amide bonds. The number of aliphatic hydroxyl groups is 1. The van der Waals surface area contributed by atoms with Gasteiger partial charge in [-0.05, 0) is 36.6 Å². The average Bonchev–Trinajstić information content (AvgIpc) is 2.41. The highest BCUT2D eigenvalue weighted by Crippen LogP contribution is 2.23. The first-order valence-corrected chi connectivity index (χ1v) is 6.59. The van der Waals surface area contributed by atoms with Gasteiger partial charge in [0.15, 0.2) is 0 Å². The minimum absolute atomic E-state index is 0.0267. The molecule has 1 N–H and O–H groups in total. The van der Waals surface area contributed by atoms with Gasteiger partial charge in [-0.1, -0.05) is 47.5 Å². The average molecular weight is 279 g/mol. The molecule has 0 heterocycles. The quantitative estimate of drug-likeness (QED) is 0.892. The Hall–Kier alpha value is -1.38. The van der Waals surface area contributed by atoms with E-state index in [2.05, 4.69) is 0 Å². The monoisotopic (exact) mass is 278 g/mol. The normalized spacial score (nSPS) is 12.4. The lowest BCUT2D eigenvalue weighted by Crippen LogP contribution is -2.08. The summed E-state index contributed by atoms with van der Waals surface area (Å²) in [5.41, 5.74) is 3.07. The molecule has 0 fully saturated rings. The lowest BCUT2D eigenvalue weighted by Gasteiger charge is -2.15. The topological polar surface area (TPSA) is 20.2 Å². The van der Waals surface area contributed by atoms with Crippen LogP contribution in [0.15, 0.2) is 42.5 Å². The first-order chi connectivity index (χ1) is 9.10. The minimum atomic E-state index is -0.417. The highest BCUT2D eigenvalue weighted by atomic mass is 35.5. The zero-order valence-electron chi connectivity index (χ0n) is 10.7. The van der Waals surface area contributed by atoms with Gasteiger partial charge in [0, 0.05) is 5.92 Å². The van der Waals surface area contributed by atoms with Crippen LogP contribution in [0.3, 0.4) is 0 Å². The van der Waals surface area contributed by atoms with Crippen LogP contribution in [0, 0.1) is 12.7 Å². The van der Waals surface area contributed by atoms with E-state index in [1.165, 1.54) is 11.6 Å². The van der Waals surface area contributed by atoms with E-state index in [1.807, 2.05) is 31.2 Å². The van der Waals surface area contributed by atoms with Crippen molar-refractivity contribution in [1.29, 1.82) is 0 Å². The molecule has 0 aromatic heterocycles. The SMILES string of the molecule is Cc1ccc(C(CO)Cc2ccc(Cl)c(F)c2)cc1. The molecule has 0 radical (unpaired) electrons. The molecule has 1 atom stereocenters. The van der Waals surface area contributed by atoms with E-state index in [0.717, 1.165) is 11.1 Å². The number of aryl methyl sites for hydroxylation is 1. The third kappa shape index (κ3) is 3.55. The first kappa shape index (κ1) is 14.0. The highest BCUT2D eigenvalue weighted by molar-refractivity contribution is 6.30. The van der Waals surface area contributed by atoms with E-state index in [9.17, 15) is 9.50 Å². The molecular weight excluding hydrogens is 263 g/mol. The number of aliphatic hydroxyl groups excluding tert-OH is 1. The zero-order chi connectivity index (χ0) is 13.8. The third-order valence-electron chi connectivity index (χ3n) is 3.24. The second-order valence-corrected chi connectivity index (χ2v) is 5.15. The summed E-state index contributed by atoms with van der Waals surface area (Å²) >= 11 is 5.66. The van der Waals surface area contributed by atoms with Gasteiger partial charge in [0.2, 0.25) is 0 Å². The number of hydrogen-bond acceptors (Lipinski definition) is 1. The number of halogens is 2. The van der Waals surface area contributed by atoms with Crippen LogP contribution >= 0.6 is 11.6 Å². The maximum Gasteiger partial charge on any atom is 0.142 e. The summed E-state index contributed by atoms with van der Waals surface area (Å²) in [6.45, 7) is 2.06. The zero-order valence-corrected chi connectivity index (χ0v) is 11.5. The van der Waals surface area contributed by atoms with Crippen LogP contribution < -0.4 is 0 Å². The molecule has 0 spiro atoms. The second-order valence-electron chi connectivity index (χ2n) is 4.74. The van der Waals surface area contributed by atoms with Crippen molar-refractivity contribution in [2.45, 2.75) is 19.3 Å². The number of benzene rings is 2. The van der Waals surface area contributed by atoms with E-state index in [0.29, 0.717) is 6.42 Å². The van der Waals surface area contributed by atoms with Gasteiger partial charge >= 0.3 is 0 Å². The Kier molecular flexibility index (Phi) is 4.56. The molecule has 0 aliphatic rings. The lowest BCUT2D eigenvalue weighted by atomic mass is 9.92. The number of hydrogen-bond donors (Lipinski definition) is 1. The molecule has 1 nitrogen and oxygen atoms in total. The number of rotatable bonds is 4. The summed E-state index contributed by atoms with van der Waals surface area (Å²) in [7, 11) is 0. The van der Waals surface area contributed by atoms with Crippen LogP contribution in [0.4, 0.5) is 4.39 Å². The van der Waals surface area contributed by atoms with Crippen LogP contribution in [0.1, 0.15) is 22.6 Å². The molecular formula is C16H16ClFO. The predicted octanol–water partition coefficient (Wildman–Crippen LogP) is 4.11. The van der Waals surface area contributed by atoms with E-state index in [4.69, 9.17) is 11.6 Å². The van der Waals surface area contributed by atoms with Crippen molar-refractivity contribution in [2.75, 3.05) is 6.61 Å². The molecule has 2 aromatic rings. The summed E-state index contributed by atoms with van der Waals surface area (Å²) in [6.07, 6.45) is 0.591. The van der Waals surface area contributed by atoms with Gasteiger partial charge in [0.1, 0.15) is 5.82 Å². The fourth-order valence-corrected chi connectivity index (χ4v) is 2.20. The van der Waals surface area contributed by atoms with Gasteiger partial charge in [-0.25, -0.2) is 4.39 Å². The van der Waals surface area contributed by atoms with Gasteiger partial charge < -0.3 is 5.11 Å². The van der Waals surface area contributed by atoms with Crippen LogP contribution in [-0.2, 0) is 6.42 Å². The molecule has 100 valence electrons. The van der Waals surface area contributed by atoms with E-state index < -0.39 is 5.82 Å². The molecule has 2 aromatic carbocycles. The predicted molar refractivity (Wildman–Crippen MR) is 76.1 cm³/mol. The first-order valence-electron chi connectivity index (χ1n) is 6.21. The Bertz CT molecular complexity index is 551. The molecule has 0 saturated carbocycles. The van der Waals surface area contributed by atoms with Crippen molar-refractivity contribution in [1.82, 2.24) is 0 Å². The summed E-state index contributed by atoms with van der Waals surface area (Å²) < 4.78 is 13.4. The van der Waals surface area contributed by atoms with Crippen molar-refractivity contribution in [3.63, 3.8) is 0 Å². The van der Waals surface area contributed by atoms with Crippen LogP contribution in [-0.4, -0.2) is 11.7 Å². The van der Waals surface area contributed by atoms with E-state index >= 15 is 0 Å². The smallest absolute Gasteiger partial charge is 0.142 e. The Morgan fingerprint density at radius 3 is 2.42 bits per heavy atom. The molecule has 3 heteroatoms.